The fourth-order valence-electron chi connectivity index (χ4n) is 5.25. The second-order valence-corrected chi connectivity index (χ2v) is 9.79. The molecule has 0 N–H and O–H groups in total. The molecule has 5 rings (SSSR count). The van der Waals surface area contributed by atoms with Crippen molar-refractivity contribution in [2.45, 2.75) is 51.5 Å². The zero-order valence-electron chi connectivity index (χ0n) is 19.9. The maximum absolute atomic E-state index is 13.2. The van der Waals surface area contributed by atoms with Gasteiger partial charge in [0.15, 0.2) is 18.1 Å². The summed E-state index contributed by atoms with van der Waals surface area (Å²) in [7, 11) is 0. The second kappa shape index (κ2) is 9.42. The number of hydrogen-bond acceptors (Lipinski definition) is 5. The normalized spacial score (nSPS) is 15.9. The van der Waals surface area contributed by atoms with Crippen LogP contribution < -0.4 is 9.47 Å². The molecule has 0 amide bonds. The monoisotopic (exact) mass is 493 g/mol. The van der Waals surface area contributed by atoms with Crippen LogP contribution >= 0.6 is 11.6 Å². The van der Waals surface area contributed by atoms with E-state index in [1.807, 2.05) is 50.2 Å². The van der Waals surface area contributed by atoms with Crippen LogP contribution in [-0.2, 0) is 21.5 Å². The van der Waals surface area contributed by atoms with Crippen LogP contribution in [0.3, 0.4) is 0 Å². The highest BCUT2D eigenvalue weighted by atomic mass is 35.5. The van der Waals surface area contributed by atoms with Gasteiger partial charge in [-0.2, -0.15) is 0 Å². The molecule has 2 heterocycles. The van der Waals surface area contributed by atoms with Crippen LogP contribution in [0.15, 0.2) is 48.5 Å². The Kier molecular flexibility index (Phi) is 6.32. The van der Waals surface area contributed by atoms with Crippen LogP contribution in [0.4, 0.5) is 0 Å². The van der Waals surface area contributed by atoms with E-state index in [1.54, 1.807) is 12.1 Å². The average Bonchev–Trinajstić information content (AvgIpc) is 3.59. The van der Waals surface area contributed by atoms with Crippen molar-refractivity contribution in [2.24, 2.45) is 0 Å². The summed E-state index contributed by atoms with van der Waals surface area (Å²) in [5.41, 5.74) is 3.62. The molecule has 1 aliphatic carbocycles. The third-order valence-electron chi connectivity index (χ3n) is 7.23. The lowest BCUT2D eigenvalue weighted by Crippen LogP contribution is -2.35. The number of esters is 1. The minimum Gasteiger partial charge on any atom is -0.457 e. The van der Waals surface area contributed by atoms with E-state index in [-0.39, 0.29) is 25.2 Å². The molecule has 1 fully saturated rings. The van der Waals surface area contributed by atoms with Crippen LogP contribution in [0, 0.1) is 13.8 Å². The molecule has 0 saturated heterocycles. The van der Waals surface area contributed by atoms with Gasteiger partial charge < -0.3 is 18.8 Å². The molecule has 3 aromatic rings. The smallest absolute Gasteiger partial charge is 0.317 e. The number of rotatable bonds is 7. The first-order valence-electron chi connectivity index (χ1n) is 11.9. The lowest BCUT2D eigenvalue weighted by Gasteiger charge is -2.27. The number of fused-ring (bicyclic) bond motifs is 1. The number of nitrogens with zero attached hydrogens (tertiary/aromatic N) is 1. The molecule has 1 aromatic heterocycles. The van der Waals surface area contributed by atoms with Crippen molar-refractivity contribution in [1.29, 1.82) is 0 Å². The number of aryl methyl sites for hydroxylation is 1. The number of aromatic nitrogens is 1. The van der Waals surface area contributed by atoms with E-state index >= 15 is 0 Å². The molecule has 0 unspecified atom stereocenters. The zero-order valence-corrected chi connectivity index (χ0v) is 20.7. The maximum atomic E-state index is 13.2. The van der Waals surface area contributed by atoms with Gasteiger partial charge in [-0.15, -0.1) is 0 Å². The highest BCUT2D eigenvalue weighted by Gasteiger charge is 2.44. The Hall–Kier alpha value is -3.25. The van der Waals surface area contributed by atoms with Gasteiger partial charge in [0.2, 0.25) is 12.6 Å². The number of ether oxygens (including phenoxy) is 3. The van der Waals surface area contributed by atoms with Crippen LogP contribution in [0.2, 0.25) is 5.02 Å². The highest BCUT2D eigenvalue weighted by Crippen LogP contribution is 2.42. The van der Waals surface area contributed by atoms with Gasteiger partial charge in [0, 0.05) is 28.5 Å². The zero-order chi connectivity index (χ0) is 24.6. The Balaban J connectivity index is 1.29. The molecule has 2 aromatic carbocycles. The van der Waals surface area contributed by atoms with E-state index in [1.165, 1.54) is 0 Å². The van der Waals surface area contributed by atoms with Crippen LogP contribution in [0.25, 0.3) is 0 Å². The van der Waals surface area contributed by atoms with E-state index in [0.717, 1.165) is 46.9 Å². The summed E-state index contributed by atoms with van der Waals surface area (Å²) in [6, 6.07) is 15.1. The topological polar surface area (TPSA) is 66.8 Å². The summed E-state index contributed by atoms with van der Waals surface area (Å²) in [5, 5.41) is 0.626. The summed E-state index contributed by atoms with van der Waals surface area (Å²) in [4.78, 5) is 26.3. The van der Waals surface area contributed by atoms with Crippen molar-refractivity contribution in [2.75, 3.05) is 13.4 Å². The summed E-state index contributed by atoms with van der Waals surface area (Å²) in [6.07, 6.45) is 3.33. The third kappa shape index (κ3) is 4.43. The van der Waals surface area contributed by atoms with Crippen LogP contribution in [0.5, 0.6) is 11.5 Å². The summed E-state index contributed by atoms with van der Waals surface area (Å²) in [5.74, 6) is 0.938. The first kappa shape index (κ1) is 23.5. The lowest BCUT2D eigenvalue weighted by molar-refractivity contribution is -0.149. The van der Waals surface area contributed by atoms with Crippen molar-refractivity contribution < 1.29 is 23.8 Å². The molecule has 0 spiro atoms. The van der Waals surface area contributed by atoms with Gasteiger partial charge in [-0.05, 0) is 68.1 Å². The number of Topliss-reactive ketones (excluding diaryl/α,β-unsaturated/α-hetero) is 1. The summed E-state index contributed by atoms with van der Waals surface area (Å²) < 4.78 is 18.6. The number of carbonyl (C=O) groups excluding carboxylic acids is 2. The molecule has 0 atom stereocenters. The van der Waals surface area contributed by atoms with Crippen molar-refractivity contribution in [3.63, 3.8) is 0 Å². The SMILES string of the molecule is Cc1cc(C(=O)COC(=O)C2(c3ccc(Cl)cc3)CCCC2)c(C)n1Cc1ccc2c(c1)OCO2. The number of hydrogen-bond donors (Lipinski definition) is 0. The highest BCUT2D eigenvalue weighted by molar-refractivity contribution is 6.30. The Morgan fingerprint density at radius 2 is 1.71 bits per heavy atom. The fraction of sp³-hybridized carbons (Fsp3) is 0.357. The van der Waals surface area contributed by atoms with E-state index in [4.69, 9.17) is 25.8 Å². The molecule has 182 valence electrons. The van der Waals surface area contributed by atoms with Crippen molar-refractivity contribution >= 4 is 23.4 Å². The Morgan fingerprint density at radius 3 is 2.46 bits per heavy atom. The first-order valence-corrected chi connectivity index (χ1v) is 12.3. The van der Waals surface area contributed by atoms with Crippen LogP contribution in [-0.4, -0.2) is 29.7 Å². The predicted molar refractivity (Wildman–Crippen MR) is 132 cm³/mol. The molecule has 0 bridgehead atoms. The summed E-state index contributed by atoms with van der Waals surface area (Å²) >= 11 is 6.04. The Labute approximate surface area is 209 Å². The molecular weight excluding hydrogens is 466 g/mol. The first-order chi connectivity index (χ1) is 16.9. The third-order valence-corrected chi connectivity index (χ3v) is 7.48. The van der Waals surface area contributed by atoms with E-state index < -0.39 is 5.41 Å². The second-order valence-electron chi connectivity index (χ2n) is 9.35. The Bertz CT molecular complexity index is 1270. The van der Waals surface area contributed by atoms with Gasteiger partial charge in [0.25, 0.3) is 0 Å². The van der Waals surface area contributed by atoms with Gasteiger partial charge in [-0.1, -0.05) is 42.6 Å². The van der Waals surface area contributed by atoms with Crippen molar-refractivity contribution in [3.8, 4) is 11.5 Å². The quantitative estimate of drug-likeness (QED) is 0.308. The number of benzene rings is 2. The lowest BCUT2D eigenvalue weighted by atomic mass is 9.79. The molecule has 6 nitrogen and oxygen atoms in total. The van der Waals surface area contributed by atoms with Crippen molar-refractivity contribution in [1.82, 2.24) is 4.57 Å². The minimum atomic E-state index is -0.707. The van der Waals surface area contributed by atoms with E-state index in [9.17, 15) is 9.59 Å². The van der Waals surface area contributed by atoms with E-state index in [2.05, 4.69) is 4.57 Å². The molecule has 35 heavy (non-hydrogen) atoms. The number of ketones is 1. The average molecular weight is 494 g/mol. The fourth-order valence-corrected chi connectivity index (χ4v) is 5.38. The largest absolute Gasteiger partial charge is 0.457 e. The molecule has 7 heteroatoms. The van der Waals surface area contributed by atoms with Crippen molar-refractivity contribution in [3.05, 3.63) is 81.6 Å². The van der Waals surface area contributed by atoms with E-state index in [0.29, 0.717) is 30.0 Å². The molecule has 1 aliphatic heterocycles. The molecule has 2 aliphatic rings. The standard InChI is InChI=1S/C28H28ClNO5/c1-18-13-23(19(2)30(18)15-20-5-10-25-26(14-20)35-17-34-25)24(31)16-33-27(32)28(11-3-4-12-28)21-6-8-22(29)9-7-21/h5-10,13-14H,3-4,11-12,15-17H2,1-2H3. The van der Waals surface area contributed by atoms with Gasteiger partial charge >= 0.3 is 5.97 Å². The van der Waals surface area contributed by atoms with Gasteiger partial charge in [0.05, 0.1) is 5.41 Å². The molecule has 0 radical (unpaired) electrons. The number of halogens is 1. The summed E-state index contributed by atoms with van der Waals surface area (Å²) in [6.45, 7) is 4.44. The Morgan fingerprint density at radius 1 is 1.00 bits per heavy atom. The maximum Gasteiger partial charge on any atom is 0.317 e. The molecular formula is C28H28ClNO5. The minimum absolute atomic E-state index is 0.201. The van der Waals surface area contributed by atoms with Gasteiger partial charge in [-0.3, -0.25) is 9.59 Å². The van der Waals surface area contributed by atoms with Gasteiger partial charge in [0.1, 0.15) is 0 Å². The predicted octanol–water partition coefficient (Wildman–Crippen LogP) is 5.77. The van der Waals surface area contributed by atoms with Crippen LogP contribution in [0.1, 0.15) is 58.6 Å². The molecule has 1 saturated carbocycles. The number of carbonyl (C=O) groups is 2. The van der Waals surface area contributed by atoms with Gasteiger partial charge in [-0.25, -0.2) is 0 Å².